The Morgan fingerprint density at radius 3 is 1.89 bits per heavy atom. The summed E-state index contributed by atoms with van der Waals surface area (Å²) in [6, 6.07) is -2.82. The Kier molecular flexibility index (Phi) is 7.80. The van der Waals surface area contributed by atoms with E-state index in [1.807, 2.05) is 0 Å². The summed E-state index contributed by atoms with van der Waals surface area (Å²) >= 11 is 7.73. The van der Waals surface area contributed by atoms with Gasteiger partial charge in [-0.2, -0.15) is 25.3 Å². The lowest BCUT2D eigenvalue weighted by Crippen LogP contribution is -2.55. The molecule has 0 aromatic carbocycles. The molecule has 3 atom stereocenters. The third-order valence-electron chi connectivity index (χ3n) is 2.03. The minimum Gasteiger partial charge on any atom is -0.480 e. The van der Waals surface area contributed by atoms with E-state index < -0.39 is 35.9 Å². The maximum absolute atomic E-state index is 11.7. The van der Waals surface area contributed by atoms with Crippen LogP contribution in [0.3, 0.4) is 0 Å². The average Bonchev–Trinajstić information content (AvgIpc) is 2.31. The maximum Gasteiger partial charge on any atom is 0.327 e. The molecule has 0 saturated heterocycles. The molecule has 0 saturated carbocycles. The van der Waals surface area contributed by atoms with E-state index in [1.54, 1.807) is 0 Å². The summed E-state index contributed by atoms with van der Waals surface area (Å²) in [5.41, 5.74) is 5.34. The van der Waals surface area contributed by atoms with E-state index in [0.717, 1.165) is 0 Å². The molecule has 18 heavy (non-hydrogen) atoms. The third-order valence-corrected chi connectivity index (χ3v) is 2.76. The number of nitrogens with one attached hydrogen (secondary N) is 2. The molecule has 0 bridgehead atoms. The summed E-state index contributed by atoms with van der Waals surface area (Å²) in [4.78, 5) is 33.7. The largest absolute Gasteiger partial charge is 0.480 e. The normalized spacial score (nSPS) is 15.3. The fourth-order valence-corrected chi connectivity index (χ4v) is 1.46. The van der Waals surface area contributed by atoms with E-state index in [0.29, 0.717) is 0 Å². The average molecular weight is 295 g/mol. The van der Waals surface area contributed by atoms with Gasteiger partial charge in [0.25, 0.3) is 0 Å². The van der Waals surface area contributed by atoms with E-state index in [1.165, 1.54) is 6.92 Å². The highest BCUT2D eigenvalue weighted by Gasteiger charge is 2.25. The minimum atomic E-state index is -1.20. The van der Waals surface area contributed by atoms with Crippen molar-refractivity contribution in [2.75, 3.05) is 11.5 Å². The quantitative estimate of drug-likeness (QED) is 0.311. The molecule has 0 heterocycles. The van der Waals surface area contributed by atoms with E-state index in [2.05, 4.69) is 35.9 Å². The highest BCUT2D eigenvalue weighted by atomic mass is 32.1. The van der Waals surface area contributed by atoms with Crippen LogP contribution in [-0.2, 0) is 14.4 Å². The van der Waals surface area contributed by atoms with Crippen molar-refractivity contribution in [3.05, 3.63) is 0 Å². The van der Waals surface area contributed by atoms with Crippen molar-refractivity contribution in [3.63, 3.8) is 0 Å². The van der Waals surface area contributed by atoms with Gasteiger partial charge in [0, 0.05) is 11.5 Å². The number of carboxylic acids is 1. The monoisotopic (exact) mass is 295 g/mol. The number of aliphatic carboxylic acids is 1. The fourth-order valence-electron chi connectivity index (χ4n) is 0.955. The molecule has 0 aliphatic carbocycles. The molecule has 0 aromatic rings. The SMILES string of the molecule is C[C@H](N)C(=O)N[C@@H](CS)C(=O)N[C@@H](CS)C(=O)O. The van der Waals surface area contributed by atoms with Gasteiger partial charge in [0.2, 0.25) is 11.8 Å². The molecular weight excluding hydrogens is 278 g/mol. The van der Waals surface area contributed by atoms with Gasteiger partial charge < -0.3 is 21.5 Å². The minimum absolute atomic E-state index is 0.0310. The lowest BCUT2D eigenvalue weighted by Gasteiger charge is -2.20. The Balaban J connectivity index is 4.52. The topological polar surface area (TPSA) is 122 Å². The molecule has 2 amide bonds. The van der Waals surface area contributed by atoms with Gasteiger partial charge in [-0.05, 0) is 6.92 Å². The van der Waals surface area contributed by atoms with Gasteiger partial charge in [0.15, 0.2) is 0 Å². The predicted octanol–water partition coefficient (Wildman–Crippen LogP) is -1.75. The maximum atomic E-state index is 11.7. The van der Waals surface area contributed by atoms with Gasteiger partial charge in [-0.3, -0.25) is 9.59 Å². The van der Waals surface area contributed by atoms with Crippen LogP contribution < -0.4 is 16.4 Å². The second-order valence-corrected chi connectivity index (χ2v) is 4.34. The third kappa shape index (κ3) is 5.61. The Morgan fingerprint density at radius 1 is 1.11 bits per heavy atom. The van der Waals surface area contributed by atoms with Crippen molar-refractivity contribution < 1.29 is 19.5 Å². The zero-order valence-corrected chi connectivity index (χ0v) is 11.6. The molecular formula is C9H17N3O4S2. The van der Waals surface area contributed by atoms with Gasteiger partial charge in [-0.25, -0.2) is 4.79 Å². The van der Waals surface area contributed by atoms with Crippen LogP contribution in [0.5, 0.6) is 0 Å². The van der Waals surface area contributed by atoms with Crippen LogP contribution in [0.2, 0.25) is 0 Å². The molecule has 0 spiro atoms. The van der Waals surface area contributed by atoms with Crippen LogP contribution in [-0.4, -0.2) is 52.5 Å². The van der Waals surface area contributed by atoms with E-state index >= 15 is 0 Å². The summed E-state index contributed by atoms with van der Waals surface area (Å²) < 4.78 is 0. The molecule has 104 valence electrons. The standard InChI is InChI=1S/C9H17N3O4S2/c1-4(10)7(13)11-5(2-17)8(14)12-6(3-18)9(15)16/h4-6,17-18H,2-3,10H2,1H3,(H,11,13)(H,12,14)(H,15,16)/t4-,5-,6-/m0/s1. The Labute approximate surface area is 116 Å². The Bertz CT molecular complexity index is 325. The number of carboxylic acid groups (broad SMARTS) is 1. The lowest BCUT2D eigenvalue weighted by atomic mass is 10.2. The van der Waals surface area contributed by atoms with Gasteiger partial charge in [-0.1, -0.05) is 0 Å². The molecule has 0 aliphatic rings. The van der Waals surface area contributed by atoms with Crippen molar-refractivity contribution in [3.8, 4) is 0 Å². The fraction of sp³-hybridized carbons (Fsp3) is 0.667. The summed E-state index contributed by atoms with van der Waals surface area (Å²) in [6.45, 7) is 1.47. The zero-order valence-electron chi connectivity index (χ0n) is 9.79. The van der Waals surface area contributed by atoms with Crippen LogP contribution in [0.4, 0.5) is 0 Å². The number of hydrogen-bond acceptors (Lipinski definition) is 6. The summed E-state index contributed by atoms with van der Waals surface area (Å²) in [7, 11) is 0. The van der Waals surface area contributed by atoms with Crippen LogP contribution in [0.1, 0.15) is 6.92 Å². The Hall–Kier alpha value is -0.930. The van der Waals surface area contributed by atoms with Crippen molar-refractivity contribution >= 4 is 43.0 Å². The van der Waals surface area contributed by atoms with Crippen molar-refractivity contribution in [2.45, 2.75) is 25.0 Å². The molecule has 0 unspecified atom stereocenters. The predicted molar refractivity (Wildman–Crippen MR) is 72.9 cm³/mol. The van der Waals surface area contributed by atoms with Crippen molar-refractivity contribution in [1.82, 2.24) is 10.6 Å². The van der Waals surface area contributed by atoms with Crippen molar-refractivity contribution in [1.29, 1.82) is 0 Å². The van der Waals surface area contributed by atoms with Crippen molar-refractivity contribution in [2.24, 2.45) is 5.73 Å². The molecule has 7 nitrogen and oxygen atoms in total. The molecule has 9 heteroatoms. The van der Waals surface area contributed by atoms with Crippen LogP contribution in [0, 0.1) is 0 Å². The number of hydrogen-bond donors (Lipinski definition) is 6. The number of amides is 2. The molecule has 5 N–H and O–H groups in total. The van der Waals surface area contributed by atoms with E-state index in [4.69, 9.17) is 10.8 Å². The summed E-state index contributed by atoms with van der Waals surface area (Å²) in [5.74, 6) is -2.37. The number of nitrogens with two attached hydrogens (primary N) is 1. The highest BCUT2D eigenvalue weighted by Crippen LogP contribution is 1.94. The smallest absolute Gasteiger partial charge is 0.327 e. The molecule has 0 fully saturated rings. The van der Waals surface area contributed by atoms with Gasteiger partial charge in [0.05, 0.1) is 6.04 Å². The van der Waals surface area contributed by atoms with Gasteiger partial charge in [-0.15, -0.1) is 0 Å². The number of carbonyl (C=O) groups excluding carboxylic acids is 2. The first kappa shape index (κ1) is 17.1. The number of rotatable bonds is 7. The molecule has 0 aromatic heterocycles. The zero-order chi connectivity index (χ0) is 14.3. The first-order valence-electron chi connectivity index (χ1n) is 5.14. The van der Waals surface area contributed by atoms with Gasteiger partial charge in [0.1, 0.15) is 12.1 Å². The second kappa shape index (κ2) is 8.22. The summed E-state index contributed by atoms with van der Waals surface area (Å²) in [6.07, 6.45) is 0. The Morgan fingerprint density at radius 2 is 1.56 bits per heavy atom. The summed E-state index contributed by atoms with van der Waals surface area (Å²) in [5, 5.41) is 13.4. The van der Waals surface area contributed by atoms with Crippen LogP contribution in [0.25, 0.3) is 0 Å². The van der Waals surface area contributed by atoms with Crippen LogP contribution in [0.15, 0.2) is 0 Å². The second-order valence-electron chi connectivity index (χ2n) is 3.61. The first-order chi connectivity index (χ1) is 8.33. The highest BCUT2D eigenvalue weighted by molar-refractivity contribution is 7.80. The number of thiol groups is 2. The molecule has 0 rings (SSSR count). The lowest BCUT2D eigenvalue weighted by molar-refractivity contribution is -0.141. The van der Waals surface area contributed by atoms with Crippen LogP contribution >= 0.6 is 25.3 Å². The molecule has 0 radical (unpaired) electrons. The first-order valence-corrected chi connectivity index (χ1v) is 6.40. The van der Waals surface area contributed by atoms with E-state index in [-0.39, 0.29) is 11.5 Å². The van der Waals surface area contributed by atoms with E-state index in [9.17, 15) is 14.4 Å². The molecule has 0 aliphatic heterocycles. The number of carbonyl (C=O) groups is 3. The van der Waals surface area contributed by atoms with Gasteiger partial charge >= 0.3 is 5.97 Å².